The first kappa shape index (κ1) is 18.1. The zero-order valence-electron chi connectivity index (χ0n) is 15.7. The molecule has 2 heterocycles. The maximum atomic E-state index is 12.7. The highest BCUT2D eigenvalue weighted by molar-refractivity contribution is 6.05. The van der Waals surface area contributed by atoms with E-state index < -0.39 is 0 Å². The summed E-state index contributed by atoms with van der Waals surface area (Å²) in [6.07, 6.45) is 0. The number of aryl methyl sites for hydroxylation is 2. The average Bonchev–Trinajstić information content (AvgIpc) is 2.65. The van der Waals surface area contributed by atoms with Gasteiger partial charge in [-0.1, -0.05) is 6.07 Å². The predicted octanol–water partition coefficient (Wildman–Crippen LogP) is 2.25. The lowest BCUT2D eigenvalue weighted by atomic mass is 10.1. The first-order valence-electron chi connectivity index (χ1n) is 8.72. The highest BCUT2D eigenvalue weighted by atomic mass is 16.5. The quantitative estimate of drug-likeness (QED) is 0.907. The molecule has 0 radical (unpaired) electrons. The minimum absolute atomic E-state index is 0.164. The highest BCUT2D eigenvalue weighted by Gasteiger charge is 2.18. The second-order valence-electron chi connectivity index (χ2n) is 6.57. The standard InChI is InChI=1S/C19H25N5O2/c1-13-17(14(2)21-19(20-13)24-8-10-26-11-9-24)22-18(25)15-6-5-7-16(12-15)23(3)4/h5-7,12H,8-11H2,1-4H3,(H,22,25). The fourth-order valence-corrected chi connectivity index (χ4v) is 2.90. The SMILES string of the molecule is Cc1nc(N2CCOCC2)nc(C)c1NC(=O)c1cccc(N(C)C)c1. The van der Waals surface area contributed by atoms with Gasteiger partial charge in [0.15, 0.2) is 0 Å². The molecule has 26 heavy (non-hydrogen) atoms. The zero-order valence-corrected chi connectivity index (χ0v) is 15.7. The Balaban J connectivity index is 1.81. The van der Waals surface area contributed by atoms with E-state index in [1.165, 1.54) is 0 Å². The predicted molar refractivity (Wildman–Crippen MR) is 103 cm³/mol. The van der Waals surface area contributed by atoms with Gasteiger partial charge in [0, 0.05) is 38.4 Å². The number of anilines is 3. The van der Waals surface area contributed by atoms with Gasteiger partial charge in [0.1, 0.15) is 0 Å². The molecule has 1 amide bonds. The summed E-state index contributed by atoms with van der Waals surface area (Å²) in [5, 5.41) is 2.97. The third-order valence-corrected chi connectivity index (χ3v) is 4.42. The Morgan fingerprint density at radius 1 is 1.15 bits per heavy atom. The molecule has 7 nitrogen and oxygen atoms in total. The summed E-state index contributed by atoms with van der Waals surface area (Å²) in [4.78, 5) is 25.9. The highest BCUT2D eigenvalue weighted by Crippen LogP contribution is 2.22. The first-order chi connectivity index (χ1) is 12.5. The van der Waals surface area contributed by atoms with Crippen molar-refractivity contribution in [3.63, 3.8) is 0 Å². The summed E-state index contributed by atoms with van der Waals surface area (Å²) < 4.78 is 5.38. The largest absolute Gasteiger partial charge is 0.378 e. The Hall–Kier alpha value is -2.67. The summed E-state index contributed by atoms with van der Waals surface area (Å²) >= 11 is 0. The number of hydrogen-bond donors (Lipinski definition) is 1. The van der Waals surface area contributed by atoms with Crippen molar-refractivity contribution < 1.29 is 9.53 Å². The normalized spacial score (nSPS) is 14.2. The van der Waals surface area contributed by atoms with Crippen molar-refractivity contribution in [2.75, 3.05) is 55.5 Å². The first-order valence-corrected chi connectivity index (χ1v) is 8.72. The third-order valence-electron chi connectivity index (χ3n) is 4.42. The number of nitrogens with zero attached hydrogens (tertiary/aromatic N) is 4. The van der Waals surface area contributed by atoms with Crippen LogP contribution in [0.15, 0.2) is 24.3 Å². The summed E-state index contributed by atoms with van der Waals surface area (Å²) in [5.41, 5.74) is 3.77. The lowest BCUT2D eigenvalue weighted by Gasteiger charge is -2.27. The Morgan fingerprint density at radius 2 is 1.81 bits per heavy atom. The molecule has 1 N–H and O–H groups in total. The molecule has 2 aromatic rings. The van der Waals surface area contributed by atoms with Crippen LogP contribution in [-0.4, -0.2) is 56.3 Å². The van der Waals surface area contributed by atoms with Crippen molar-refractivity contribution in [1.82, 2.24) is 9.97 Å². The number of aromatic nitrogens is 2. The van der Waals surface area contributed by atoms with E-state index in [0.717, 1.165) is 30.2 Å². The maximum Gasteiger partial charge on any atom is 0.255 e. The molecule has 138 valence electrons. The molecule has 7 heteroatoms. The molecule has 3 rings (SSSR count). The van der Waals surface area contributed by atoms with Crippen LogP contribution in [0.2, 0.25) is 0 Å². The Morgan fingerprint density at radius 3 is 2.42 bits per heavy atom. The van der Waals surface area contributed by atoms with E-state index in [1.54, 1.807) is 6.07 Å². The topological polar surface area (TPSA) is 70.6 Å². The minimum Gasteiger partial charge on any atom is -0.378 e. The van der Waals surface area contributed by atoms with Crippen molar-refractivity contribution in [3.8, 4) is 0 Å². The fraction of sp³-hybridized carbons (Fsp3) is 0.421. The molecule has 0 bridgehead atoms. The van der Waals surface area contributed by atoms with Crippen LogP contribution < -0.4 is 15.1 Å². The van der Waals surface area contributed by atoms with Crippen molar-refractivity contribution in [3.05, 3.63) is 41.2 Å². The summed E-state index contributed by atoms with van der Waals surface area (Å²) in [6.45, 7) is 6.71. The zero-order chi connectivity index (χ0) is 18.7. The van der Waals surface area contributed by atoms with E-state index in [0.29, 0.717) is 30.4 Å². The van der Waals surface area contributed by atoms with Crippen molar-refractivity contribution in [2.24, 2.45) is 0 Å². The van der Waals surface area contributed by atoms with Crippen molar-refractivity contribution >= 4 is 23.2 Å². The van der Waals surface area contributed by atoms with Crippen molar-refractivity contribution in [2.45, 2.75) is 13.8 Å². The van der Waals surface area contributed by atoms with E-state index in [2.05, 4.69) is 20.2 Å². The number of ether oxygens (including phenoxy) is 1. The van der Waals surface area contributed by atoms with E-state index in [9.17, 15) is 4.79 Å². The molecule has 1 aromatic heterocycles. The van der Waals surface area contributed by atoms with Crippen LogP contribution >= 0.6 is 0 Å². The van der Waals surface area contributed by atoms with E-state index in [-0.39, 0.29) is 5.91 Å². The lowest BCUT2D eigenvalue weighted by molar-refractivity contribution is 0.102. The molecule has 0 aliphatic carbocycles. The Bertz CT molecular complexity index is 777. The molecule has 0 saturated carbocycles. The van der Waals surface area contributed by atoms with Gasteiger partial charge < -0.3 is 19.9 Å². The number of nitrogens with one attached hydrogen (secondary N) is 1. The van der Waals surface area contributed by atoms with Crippen LogP contribution in [0.1, 0.15) is 21.7 Å². The van der Waals surface area contributed by atoms with Crippen LogP contribution in [0, 0.1) is 13.8 Å². The molecule has 0 atom stereocenters. The summed E-state index contributed by atoms with van der Waals surface area (Å²) in [6, 6.07) is 7.51. The van der Waals surface area contributed by atoms with E-state index >= 15 is 0 Å². The maximum absolute atomic E-state index is 12.7. The molecule has 1 saturated heterocycles. The van der Waals surface area contributed by atoms with E-state index in [1.807, 2.05) is 51.0 Å². The molecule has 1 fully saturated rings. The molecule has 1 aliphatic heterocycles. The molecule has 0 spiro atoms. The summed E-state index contributed by atoms with van der Waals surface area (Å²) in [5.74, 6) is 0.526. The van der Waals surface area contributed by atoms with Crippen LogP contribution in [0.5, 0.6) is 0 Å². The van der Waals surface area contributed by atoms with Gasteiger partial charge in [-0.25, -0.2) is 9.97 Å². The molecular weight excluding hydrogens is 330 g/mol. The van der Waals surface area contributed by atoms with Gasteiger partial charge in [-0.15, -0.1) is 0 Å². The van der Waals surface area contributed by atoms with Gasteiger partial charge in [0.2, 0.25) is 5.95 Å². The number of carbonyl (C=O) groups is 1. The number of amides is 1. The number of benzene rings is 1. The summed E-state index contributed by atoms with van der Waals surface area (Å²) in [7, 11) is 3.90. The van der Waals surface area contributed by atoms with Gasteiger partial charge in [-0.2, -0.15) is 0 Å². The molecule has 0 unspecified atom stereocenters. The number of rotatable bonds is 4. The number of hydrogen-bond acceptors (Lipinski definition) is 6. The third kappa shape index (κ3) is 3.94. The van der Waals surface area contributed by atoms with Crippen LogP contribution in [0.3, 0.4) is 0 Å². The number of morpholine rings is 1. The van der Waals surface area contributed by atoms with Gasteiger partial charge in [-0.3, -0.25) is 4.79 Å². The van der Waals surface area contributed by atoms with Crippen LogP contribution in [-0.2, 0) is 4.74 Å². The van der Waals surface area contributed by atoms with E-state index in [4.69, 9.17) is 4.74 Å². The van der Waals surface area contributed by atoms with Crippen molar-refractivity contribution in [1.29, 1.82) is 0 Å². The van der Waals surface area contributed by atoms with Gasteiger partial charge in [0.05, 0.1) is 30.3 Å². The monoisotopic (exact) mass is 355 g/mol. The Labute approximate surface area is 154 Å². The second kappa shape index (κ2) is 7.70. The van der Waals surface area contributed by atoms with Crippen LogP contribution in [0.4, 0.5) is 17.3 Å². The van der Waals surface area contributed by atoms with Gasteiger partial charge in [0.25, 0.3) is 5.91 Å². The van der Waals surface area contributed by atoms with Gasteiger partial charge in [-0.05, 0) is 32.0 Å². The van der Waals surface area contributed by atoms with Crippen LogP contribution in [0.25, 0.3) is 0 Å². The molecule has 1 aliphatic rings. The smallest absolute Gasteiger partial charge is 0.255 e. The molecular formula is C19H25N5O2. The second-order valence-corrected chi connectivity index (χ2v) is 6.57. The number of carbonyl (C=O) groups excluding carboxylic acids is 1. The van der Waals surface area contributed by atoms with Gasteiger partial charge >= 0.3 is 0 Å². The fourth-order valence-electron chi connectivity index (χ4n) is 2.90. The Kier molecular flexibility index (Phi) is 5.37. The minimum atomic E-state index is -0.164. The lowest BCUT2D eigenvalue weighted by Crippen LogP contribution is -2.37. The molecule has 1 aromatic carbocycles. The average molecular weight is 355 g/mol.